The van der Waals surface area contributed by atoms with Crippen LogP contribution in [0.3, 0.4) is 0 Å². The number of hydrogen-bond acceptors (Lipinski definition) is 3. The number of nitrogens with zero attached hydrogens (tertiary/aromatic N) is 2. The summed E-state index contributed by atoms with van der Waals surface area (Å²) in [6, 6.07) is 81.6. The quantitative estimate of drug-likeness (QED) is 0.161. The average molecular weight is 795 g/mol. The number of anilines is 3. The number of rotatable bonds is 7. The molecule has 292 valence electrons. The van der Waals surface area contributed by atoms with E-state index >= 15 is 0 Å². The minimum absolute atomic E-state index is 0.687. The lowest BCUT2D eigenvalue weighted by Gasteiger charge is -2.26. The zero-order chi connectivity index (χ0) is 41.0. The summed E-state index contributed by atoms with van der Waals surface area (Å²) in [6.07, 6.45) is 0. The van der Waals surface area contributed by atoms with Crippen molar-refractivity contribution in [1.29, 1.82) is 0 Å². The van der Waals surface area contributed by atoms with Crippen LogP contribution < -0.4 is 14.4 Å². The van der Waals surface area contributed by atoms with Gasteiger partial charge in [0.2, 0.25) is 0 Å². The van der Waals surface area contributed by atoms with Crippen molar-refractivity contribution >= 4 is 49.6 Å². The molecule has 0 amide bonds. The van der Waals surface area contributed by atoms with E-state index in [0.717, 1.165) is 72.4 Å². The van der Waals surface area contributed by atoms with E-state index in [4.69, 9.17) is 9.47 Å². The molecule has 1 aromatic heterocycles. The van der Waals surface area contributed by atoms with Crippen LogP contribution in [0.25, 0.3) is 71.6 Å². The minimum Gasteiger partial charge on any atom is -0.449 e. The minimum atomic E-state index is 0.687. The molecule has 0 saturated carbocycles. The summed E-state index contributed by atoms with van der Waals surface area (Å²) in [5.74, 6) is 2.79. The second-order valence-electron chi connectivity index (χ2n) is 15.8. The molecule has 4 heteroatoms. The summed E-state index contributed by atoms with van der Waals surface area (Å²) in [6.45, 7) is 0. The van der Waals surface area contributed by atoms with Gasteiger partial charge < -0.3 is 18.9 Å². The summed E-state index contributed by atoms with van der Waals surface area (Å²) in [5.41, 5.74) is 13.4. The van der Waals surface area contributed by atoms with Crippen LogP contribution in [0.4, 0.5) is 17.1 Å². The van der Waals surface area contributed by atoms with Gasteiger partial charge in [0.1, 0.15) is 0 Å². The van der Waals surface area contributed by atoms with Crippen LogP contribution in [0.2, 0.25) is 0 Å². The van der Waals surface area contributed by atoms with Crippen molar-refractivity contribution in [2.24, 2.45) is 0 Å². The van der Waals surface area contributed by atoms with E-state index in [0.29, 0.717) is 23.0 Å². The van der Waals surface area contributed by atoms with E-state index < -0.39 is 0 Å². The summed E-state index contributed by atoms with van der Waals surface area (Å²) < 4.78 is 15.6. The smallest absolute Gasteiger partial charge is 0.172 e. The van der Waals surface area contributed by atoms with Crippen LogP contribution in [0.1, 0.15) is 0 Å². The first kappa shape index (κ1) is 35.6. The maximum absolute atomic E-state index is 6.66. The fourth-order valence-corrected chi connectivity index (χ4v) is 8.94. The Balaban J connectivity index is 0.923. The number of fused-ring (bicyclic) bond motifs is 6. The number of benzene rings is 10. The van der Waals surface area contributed by atoms with Crippen molar-refractivity contribution in [3.63, 3.8) is 0 Å². The van der Waals surface area contributed by atoms with Gasteiger partial charge in [-0.05, 0) is 123 Å². The first-order valence-corrected chi connectivity index (χ1v) is 21.0. The third-order valence-electron chi connectivity index (χ3n) is 12.0. The van der Waals surface area contributed by atoms with Crippen LogP contribution in [0.15, 0.2) is 231 Å². The third kappa shape index (κ3) is 6.25. The molecule has 1 aliphatic rings. The summed E-state index contributed by atoms with van der Waals surface area (Å²) in [7, 11) is 0. The van der Waals surface area contributed by atoms with Crippen molar-refractivity contribution < 1.29 is 9.47 Å². The molecule has 12 rings (SSSR count). The van der Waals surface area contributed by atoms with Crippen LogP contribution in [0.5, 0.6) is 23.0 Å². The molecular weight excluding hydrogens is 757 g/mol. The highest BCUT2D eigenvalue weighted by atomic mass is 16.6. The third-order valence-corrected chi connectivity index (χ3v) is 12.0. The summed E-state index contributed by atoms with van der Waals surface area (Å²) >= 11 is 0. The van der Waals surface area contributed by atoms with Gasteiger partial charge in [0.05, 0.1) is 11.0 Å². The zero-order valence-electron chi connectivity index (χ0n) is 33.7. The zero-order valence-corrected chi connectivity index (χ0v) is 33.7. The normalized spacial score (nSPS) is 11.8. The average Bonchev–Trinajstić information content (AvgIpc) is 3.65. The molecule has 11 aromatic rings. The highest BCUT2D eigenvalue weighted by molar-refractivity contribution is 6.11. The maximum atomic E-state index is 6.66. The first-order valence-electron chi connectivity index (χ1n) is 21.0. The van der Waals surface area contributed by atoms with Crippen molar-refractivity contribution in [1.82, 2.24) is 4.57 Å². The van der Waals surface area contributed by atoms with E-state index in [-0.39, 0.29) is 0 Å². The van der Waals surface area contributed by atoms with E-state index in [1.165, 1.54) is 16.3 Å². The molecule has 0 bridgehead atoms. The Hall–Kier alpha value is -8.34. The van der Waals surface area contributed by atoms with Gasteiger partial charge in [-0.25, -0.2) is 0 Å². The standard InChI is InChI=1S/C58H38N2O2/c1-4-12-39(13-5-1)45-25-32-53-51(35-45)52-37-57-58(62-56-36-46(26-33-55(56)61-57)40-14-6-2-7-15-40)38-54(52)60(53)49-29-22-43(23-30-49)42-20-27-48(28-21-42)59(47-18-8-3-9-19-47)50-31-24-41-16-10-11-17-44(41)34-50/h1-38H. The van der Waals surface area contributed by atoms with Gasteiger partial charge in [0.15, 0.2) is 23.0 Å². The Morgan fingerprint density at radius 1 is 0.290 bits per heavy atom. The number of para-hydroxylation sites is 1. The molecule has 0 saturated heterocycles. The van der Waals surface area contributed by atoms with E-state index in [9.17, 15) is 0 Å². The number of ether oxygens (including phenoxy) is 2. The Morgan fingerprint density at radius 2 is 0.790 bits per heavy atom. The number of aromatic nitrogens is 1. The first-order chi connectivity index (χ1) is 30.7. The summed E-state index contributed by atoms with van der Waals surface area (Å²) in [4.78, 5) is 2.32. The molecule has 0 N–H and O–H groups in total. The van der Waals surface area contributed by atoms with E-state index in [1.54, 1.807) is 0 Å². The van der Waals surface area contributed by atoms with Crippen LogP contribution >= 0.6 is 0 Å². The van der Waals surface area contributed by atoms with Crippen LogP contribution in [0, 0.1) is 0 Å². The Bertz CT molecular complexity index is 3430. The predicted octanol–water partition coefficient (Wildman–Crippen LogP) is 16.3. The molecule has 0 fully saturated rings. The molecule has 10 aromatic carbocycles. The second kappa shape index (κ2) is 14.7. The molecular formula is C58H38N2O2. The van der Waals surface area contributed by atoms with Crippen molar-refractivity contribution in [3.05, 3.63) is 231 Å². The highest BCUT2D eigenvalue weighted by Crippen LogP contribution is 2.50. The van der Waals surface area contributed by atoms with Gasteiger partial charge in [-0.15, -0.1) is 0 Å². The predicted molar refractivity (Wildman–Crippen MR) is 256 cm³/mol. The van der Waals surface area contributed by atoms with Crippen LogP contribution in [-0.4, -0.2) is 4.57 Å². The summed E-state index contributed by atoms with van der Waals surface area (Å²) in [5, 5.41) is 4.68. The molecule has 4 nitrogen and oxygen atoms in total. The lowest BCUT2D eigenvalue weighted by atomic mass is 10.0. The molecule has 0 radical (unpaired) electrons. The Morgan fingerprint density at radius 3 is 1.52 bits per heavy atom. The molecule has 0 spiro atoms. The van der Waals surface area contributed by atoms with Gasteiger partial charge in [0.25, 0.3) is 0 Å². The van der Waals surface area contributed by atoms with Crippen molar-refractivity contribution in [2.45, 2.75) is 0 Å². The Kier molecular flexibility index (Phi) is 8.46. The lowest BCUT2D eigenvalue weighted by Crippen LogP contribution is -2.09. The van der Waals surface area contributed by atoms with Crippen LogP contribution in [-0.2, 0) is 0 Å². The molecule has 0 unspecified atom stereocenters. The molecule has 62 heavy (non-hydrogen) atoms. The topological polar surface area (TPSA) is 26.6 Å². The fourth-order valence-electron chi connectivity index (χ4n) is 8.94. The number of hydrogen-bond donors (Lipinski definition) is 0. The van der Waals surface area contributed by atoms with Gasteiger partial charge in [-0.3, -0.25) is 0 Å². The maximum Gasteiger partial charge on any atom is 0.172 e. The van der Waals surface area contributed by atoms with Gasteiger partial charge in [-0.1, -0.05) is 146 Å². The Labute approximate surface area is 359 Å². The highest BCUT2D eigenvalue weighted by Gasteiger charge is 2.24. The molecule has 0 aliphatic carbocycles. The van der Waals surface area contributed by atoms with E-state index in [2.05, 4.69) is 228 Å². The lowest BCUT2D eigenvalue weighted by molar-refractivity contribution is 0.360. The van der Waals surface area contributed by atoms with E-state index in [1.807, 2.05) is 12.1 Å². The fraction of sp³-hybridized carbons (Fsp3) is 0. The second-order valence-corrected chi connectivity index (χ2v) is 15.8. The van der Waals surface area contributed by atoms with Gasteiger partial charge in [-0.2, -0.15) is 0 Å². The largest absolute Gasteiger partial charge is 0.449 e. The van der Waals surface area contributed by atoms with Crippen molar-refractivity contribution in [2.75, 3.05) is 4.90 Å². The monoisotopic (exact) mass is 794 g/mol. The van der Waals surface area contributed by atoms with Gasteiger partial charge in [0, 0.05) is 39.6 Å². The molecule has 0 atom stereocenters. The SMILES string of the molecule is c1ccc(-c2ccc3c(c2)Oc2cc4c(cc2O3)c2cc(-c3ccccc3)ccc2n4-c2ccc(-c3ccc(N(c4ccccc4)c4ccc5ccccc5c4)cc3)cc2)cc1. The van der Waals surface area contributed by atoms with Gasteiger partial charge >= 0.3 is 0 Å². The van der Waals surface area contributed by atoms with Crippen molar-refractivity contribution in [3.8, 4) is 62.1 Å². The molecule has 1 aliphatic heterocycles. The molecule has 2 heterocycles.